The molecule has 0 bridgehead atoms. The highest BCUT2D eigenvalue weighted by Gasteiger charge is 1.94. The first kappa shape index (κ1) is 9.15. The van der Waals surface area contributed by atoms with Crippen molar-refractivity contribution in [2.24, 2.45) is 0 Å². The first-order valence-corrected chi connectivity index (χ1v) is 5.40. The lowest BCUT2D eigenvalue weighted by Crippen LogP contribution is -2.04. The van der Waals surface area contributed by atoms with Crippen LogP contribution < -0.4 is 5.32 Å². The second-order valence-corrected chi connectivity index (χ2v) is 3.61. The second-order valence-electron chi connectivity index (χ2n) is 2.89. The number of anilines is 1. The van der Waals surface area contributed by atoms with E-state index in [9.17, 15) is 0 Å². The smallest absolute Gasteiger partial charge is 0.0794 e. The fourth-order valence-electron chi connectivity index (χ4n) is 1.17. The van der Waals surface area contributed by atoms with Crippen molar-refractivity contribution < 1.29 is 0 Å². The van der Waals surface area contributed by atoms with Crippen LogP contribution in [0.25, 0.3) is 0 Å². The van der Waals surface area contributed by atoms with Crippen LogP contribution in [-0.4, -0.2) is 16.5 Å². The summed E-state index contributed by atoms with van der Waals surface area (Å²) < 4.78 is 0. The largest absolute Gasteiger partial charge is 0.385 e. The van der Waals surface area contributed by atoms with E-state index in [0.717, 1.165) is 24.3 Å². The molecule has 0 saturated heterocycles. The van der Waals surface area contributed by atoms with Crippen LogP contribution in [0.1, 0.15) is 5.69 Å². The van der Waals surface area contributed by atoms with Gasteiger partial charge in [-0.1, -0.05) is 0 Å². The lowest BCUT2D eigenvalue weighted by atomic mass is 10.3. The Labute approximate surface area is 86.8 Å². The van der Waals surface area contributed by atoms with Crippen LogP contribution in [0.15, 0.2) is 35.4 Å². The van der Waals surface area contributed by atoms with E-state index < -0.39 is 0 Å². The van der Waals surface area contributed by atoms with Crippen molar-refractivity contribution in [1.82, 2.24) is 9.97 Å². The fraction of sp³-hybridized carbons (Fsp3) is 0.200. The molecule has 0 spiro atoms. The summed E-state index contributed by atoms with van der Waals surface area (Å²) in [6.45, 7) is 0.910. The molecule has 3 nitrogen and oxygen atoms in total. The van der Waals surface area contributed by atoms with E-state index in [1.54, 1.807) is 23.7 Å². The molecule has 14 heavy (non-hydrogen) atoms. The Kier molecular flexibility index (Phi) is 3.08. The SMILES string of the molecule is c1cc(NCCc2cscn2)ccn1. The highest BCUT2D eigenvalue weighted by atomic mass is 32.1. The minimum Gasteiger partial charge on any atom is -0.385 e. The summed E-state index contributed by atoms with van der Waals surface area (Å²) in [5.41, 5.74) is 4.12. The maximum atomic E-state index is 4.21. The van der Waals surface area contributed by atoms with Gasteiger partial charge in [0, 0.05) is 36.4 Å². The number of nitrogens with zero attached hydrogens (tertiary/aromatic N) is 2. The number of hydrogen-bond acceptors (Lipinski definition) is 4. The number of nitrogens with one attached hydrogen (secondary N) is 1. The Morgan fingerprint density at radius 1 is 1.29 bits per heavy atom. The Balaban J connectivity index is 1.79. The van der Waals surface area contributed by atoms with Crippen molar-refractivity contribution in [3.05, 3.63) is 41.1 Å². The van der Waals surface area contributed by atoms with Gasteiger partial charge in [0.15, 0.2) is 0 Å². The zero-order chi connectivity index (χ0) is 9.64. The molecule has 72 valence electrons. The lowest BCUT2D eigenvalue weighted by Gasteiger charge is -2.03. The van der Waals surface area contributed by atoms with E-state index in [-0.39, 0.29) is 0 Å². The van der Waals surface area contributed by atoms with Crippen LogP contribution in [0.2, 0.25) is 0 Å². The Bertz CT molecular complexity index is 358. The molecule has 0 atom stereocenters. The number of aromatic nitrogens is 2. The zero-order valence-electron chi connectivity index (χ0n) is 7.68. The third-order valence-electron chi connectivity index (χ3n) is 1.87. The molecule has 0 radical (unpaired) electrons. The van der Waals surface area contributed by atoms with Crippen molar-refractivity contribution in [2.45, 2.75) is 6.42 Å². The summed E-state index contributed by atoms with van der Waals surface area (Å²) in [5.74, 6) is 0. The summed E-state index contributed by atoms with van der Waals surface area (Å²) in [6, 6.07) is 3.92. The van der Waals surface area contributed by atoms with Crippen molar-refractivity contribution in [2.75, 3.05) is 11.9 Å². The third kappa shape index (κ3) is 2.53. The molecular formula is C10H11N3S. The normalized spacial score (nSPS) is 10.0. The summed E-state index contributed by atoms with van der Waals surface area (Å²) in [5, 5.41) is 5.39. The van der Waals surface area contributed by atoms with Crippen molar-refractivity contribution >= 4 is 17.0 Å². The molecule has 0 aromatic carbocycles. The van der Waals surface area contributed by atoms with E-state index in [4.69, 9.17) is 0 Å². The van der Waals surface area contributed by atoms with Crippen LogP contribution in [0.5, 0.6) is 0 Å². The minimum atomic E-state index is 0.910. The van der Waals surface area contributed by atoms with Crippen LogP contribution in [0, 0.1) is 0 Å². The summed E-state index contributed by atoms with van der Waals surface area (Å²) in [7, 11) is 0. The number of thiazole rings is 1. The average molecular weight is 205 g/mol. The molecule has 1 N–H and O–H groups in total. The zero-order valence-corrected chi connectivity index (χ0v) is 8.50. The van der Waals surface area contributed by atoms with Gasteiger partial charge in [-0.3, -0.25) is 4.98 Å². The van der Waals surface area contributed by atoms with E-state index in [1.165, 1.54) is 0 Å². The molecule has 2 heterocycles. The van der Waals surface area contributed by atoms with Gasteiger partial charge in [-0.25, -0.2) is 4.98 Å². The van der Waals surface area contributed by atoms with E-state index in [1.807, 2.05) is 17.6 Å². The maximum absolute atomic E-state index is 4.21. The first-order chi connectivity index (χ1) is 6.95. The van der Waals surface area contributed by atoms with Gasteiger partial charge in [0.05, 0.1) is 11.2 Å². The van der Waals surface area contributed by atoms with Gasteiger partial charge in [-0.2, -0.15) is 0 Å². The maximum Gasteiger partial charge on any atom is 0.0794 e. The second kappa shape index (κ2) is 4.72. The molecule has 2 rings (SSSR count). The molecule has 2 aromatic heterocycles. The van der Waals surface area contributed by atoms with Gasteiger partial charge in [-0.15, -0.1) is 11.3 Å². The molecule has 0 unspecified atom stereocenters. The van der Waals surface area contributed by atoms with E-state index >= 15 is 0 Å². The van der Waals surface area contributed by atoms with Gasteiger partial charge >= 0.3 is 0 Å². The van der Waals surface area contributed by atoms with Crippen LogP contribution in [-0.2, 0) is 6.42 Å². The number of hydrogen-bond donors (Lipinski definition) is 1. The summed E-state index contributed by atoms with van der Waals surface area (Å²) in [6.07, 6.45) is 4.53. The number of rotatable bonds is 4. The topological polar surface area (TPSA) is 37.8 Å². The van der Waals surface area contributed by atoms with Gasteiger partial charge in [-0.05, 0) is 12.1 Å². The first-order valence-electron chi connectivity index (χ1n) is 4.46. The van der Waals surface area contributed by atoms with Gasteiger partial charge < -0.3 is 5.32 Å². The Morgan fingerprint density at radius 3 is 2.86 bits per heavy atom. The predicted octanol–water partition coefficient (Wildman–Crippen LogP) is 2.19. The Hall–Kier alpha value is -1.42. The quantitative estimate of drug-likeness (QED) is 0.831. The predicted molar refractivity (Wildman–Crippen MR) is 58.5 cm³/mol. The molecule has 0 amide bonds. The molecule has 0 saturated carbocycles. The summed E-state index contributed by atoms with van der Waals surface area (Å²) in [4.78, 5) is 8.17. The molecule has 2 aromatic rings. The number of pyridine rings is 1. The van der Waals surface area contributed by atoms with Crippen molar-refractivity contribution in [1.29, 1.82) is 0 Å². The monoisotopic (exact) mass is 205 g/mol. The van der Waals surface area contributed by atoms with Crippen LogP contribution in [0.3, 0.4) is 0 Å². The van der Waals surface area contributed by atoms with Gasteiger partial charge in [0.25, 0.3) is 0 Å². The van der Waals surface area contributed by atoms with E-state index in [2.05, 4.69) is 20.7 Å². The highest BCUT2D eigenvalue weighted by molar-refractivity contribution is 7.07. The molecular weight excluding hydrogens is 194 g/mol. The average Bonchev–Trinajstić information content (AvgIpc) is 2.72. The summed E-state index contributed by atoms with van der Waals surface area (Å²) >= 11 is 1.64. The minimum absolute atomic E-state index is 0.910. The molecule has 4 heteroatoms. The van der Waals surface area contributed by atoms with Crippen molar-refractivity contribution in [3.63, 3.8) is 0 Å². The van der Waals surface area contributed by atoms with Crippen LogP contribution >= 0.6 is 11.3 Å². The highest BCUT2D eigenvalue weighted by Crippen LogP contribution is 2.05. The van der Waals surface area contributed by atoms with Gasteiger partial charge in [0.2, 0.25) is 0 Å². The standard InChI is InChI=1S/C10H11N3S/c1-4-11-5-2-9(1)12-6-3-10-7-14-8-13-10/h1-2,4-5,7-8H,3,6H2,(H,11,12). The molecule has 0 fully saturated rings. The molecule has 0 aliphatic carbocycles. The Morgan fingerprint density at radius 2 is 2.14 bits per heavy atom. The fourth-order valence-corrected chi connectivity index (χ4v) is 1.76. The van der Waals surface area contributed by atoms with E-state index in [0.29, 0.717) is 0 Å². The third-order valence-corrected chi connectivity index (χ3v) is 2.51. The van der Waals surface area contributed by atoms with Crippen molar-refractivity contribution in [3.8, 4) is 0 Å². The molecule has 0 aliphatic heterocycles. The van der Waals surface area contributed by atoms with Gasteiger partial charge in [0.1, 0.15) is 0 Å². The lowest BCUT2D eigenvalue weighted by molar-refractivity contribution is 0.976. The molecule has 0 aliphatic rings. The van der Waals surface area contributed by atoms with Crippen LogP contribution in [0.4, 0.5) is 5.69 Å².